The number of hydroxylamine groups is 2. The van der Waals surface area contributed by atoms with Crippen LogP contribution in [0.2, 0.25) is 0 Å². The molecule has 2 N–H and O–H groups in total. The van der Waals surface area contributed by atoms with E-state index in [1.54, 1.807) is 5.06 Å². The van der Waals surface area contributed by atoms with Gasteiger partial charge in [-0.1, -0.05) is 50.1 Å². The standard InChI is InChI=1S/C16H22N2O4/c1-3-4-10-13(17-16(20)21)14(19)15-18(22-15)11(2)12-8-6-5-7-9-12/h5-9,11,13,15,17H,3-4,10H2,1-2H3,(H,20,21)/t11-,13?,15?,18?/m1/s1. The molecule has 0 aliphatic carbocycles. The molecule has 120 valence electrons. The molecule has 0 spiro atoms. The van der Waals surface area contributed by atoms with Gasteiger partial charge in [0.2, 0.25) is 12.0 Å². The number of nitrogens with zero attached hydrogens (tertiary/aromatic N) is 1. The van der Waals surface area contributed by atoms with Crippen molar-refractivity contribution in [1.29, 1.82) is 0 Å². The number of carbonyl (C=O) groups excluding carboxylic acids is 1. The molecule has 1 saturated heterocycles. The fraction of sp³-hybridized carbons (Fsp3) is 0.500. The van der Waals surface area contributed by atoms with E-state index in [0.29, 0.717) is 6.42 Å². The van der Waals surface area contributed by atoms with Gasteiger partial charge in [-0.25, -0.2) is 4.79 Å². The minimum Gasteiger partial charge on any atom is -0.465 e. The smallest absolute Gasteiger partial charge is 0.405 e. The van der Waals surface area contributed by atoms with Crippen LogP contribution in [0.1, 0.15) is 44.7 Å². The third kappa shape index (κ3) is 4.05. The van der Waals surface area contributed by atoms with E-state index in [-0.39, 0.29) is 11.8 Å². The number of hydrogen-bond donors (Lipinski definition) is 2. The highest BCUT2D eigenvalue weighted by Gasteiger charge is 2.48. The van der Waals surface area contributed by atoms with Crippen LogP contribution in [-0.4, -0.2) is 34.3 Å². The average molecular weight is 306 g/mol. The van der Waals surface area contributed by atoms with Crippen molar-refractivity contribution in [1.82, 2.24) is 10.4 Å². The molecular weight excluding hydrogens is 284 g/mol. The Balaban J connectivity index is 1.96. The van der Waals surface area contributed by atoms with E-state index in [4.69, 9.17) is 9.94 Å². The van der Waals surface area contributed by atoms with Crippen molar-refractivity contribution < 1.29 is 19.5 Å². The predicted octanol–water partition coefficient (Wildman–Crippen LogP) is 2.72. The van der Waals surface area contributed by atoms with Gasteiger partial charge in [0, 0.05) is 0 Å². The summed E-state index contributed by atoms with van der Waals surface area (Å²) in [6.07, 6.45) is 0.342. The quantitative estimate of drug-likeness (QED) is 0.722. The first-order chi connectivity index (χ1) is 10.5. The molecule has 0 aromatic heterocycles. The van der Waals surface area contributed by atoms with Crippen LogP contribution in [0.3, 0.4) is 0 Å². The average Bonchev–Trinajstić information content (AvgIpc) is 3.31. The predicted molar refractivity (Wildman–Crippen MR) is 81.0 cm³/mol. The van der Waals surface area contributed by atoms with Crippen LogP contribution in [0.5, 0.6) is 0 Å². The summed E-state index contributed by atoms with van der Waals surface area (Å²) in [5.41, 5.74) is 1.05. The highest BCUT2D eigenvalue weighted by molar-refractivity contribution is 5.91. The van der Waals surface area contributed by atoms with Crippen molar-refractivity contribution in [3.8, 4) is 0 Å². The molecular formula is C16H22N2O4. The van der Waals surface area contributed by atoms with Crippen molar-refractivity contribution in [2.24, 2.45) is 0 Å². The summed E-state index contributed by atoms with van der Waals surface area (Å²) < 4.78 is 0. The molecule has 1 aromatic rings. The third-order valence-corrected chi connectivity index (χ3v) is 3.80. The molecule has 1 heterocycles. The highest BCUT2D eigenvalue weighted by Crippen LogP contribution is 2.34. The highest BCUT2D eigenvalue weighted by atomic mass is 16.8. The summed E-state index contributed by atoms with van der Waals surface area (Å²) in [6, 6.07) is 8.97. The van der Waals surface area contributed by atoms with Crippen molar-refractivity contribution in [2.45, 2.75) is 51.4 Å². The minimum atomic E-state index is -1.18. The minimum absolute atomic E-state index is 0.0493. The van der Waals surface area contributed by atoms with E-state index in [0.717, 1.165) is 18.4 Å². The second-order valence-corrected chi connectivity index (χ2v) is 5.45. The molecule has 6 heteroatoms. The molecule has 6 nitrogen and oxygen atoms in total. The molecule has 2 rings (SSSR count). The molecule has 1 aliphatic rings. The Labute approximate surface area is 130 Å². The lowest BCUT2D eigenvalue weighted by Gasteiger charge is -2.15. The molecule has 22 heavy (non-hydrogen) atoms. The molecule has 1 fully saturated rings. The van der Waals surface area contributed by atoms with Gasteiger partial charge in [-0.15, -0.1) is 5.06 Å². The van der Waals surface area contributed by atoms with E-state index in [1.807, 2.05) is 44.2 Å². The van der Waals surface area contributed by atoms with E-state index in [9.17, 15) is 9.59 Å². The van der Waals surface area contributed by atoms with Gasteiger partial charge in [0.25, 0.3) is 0 Å². The van der Waals surface area contributed by atoms with Crippen molar-refractivity contribution in [2.75, 3.05) is 0 Å². The van der Waals surface area contributed by atoms with Gasteiger partial charge in [-0.3, -0.25) is 9.63 Å². The van der Waals surface area contributed by atoms with Crippen LogP contribution in [0.25, 0.3) is 0 Å². The maximum absolute atomic E-state index is 12.4. The van der Waals surface area contributed by atoms with Gasteiger partial charge >= 0.3 is 6.09 Å². The Morgan fingerprint density at radius 3 is 2.64 bits per heavy atom. The summed E-state index contributed by atoms with van der Waals surface area (Å²) >= 11 is 0. The van der Waals surface area contributed by atoms with Gasteiger partial charge in [-0.2, -0.15) is 0 Å². The number of benzene rings is 1. The van der Waals surface area contributed by atoms with Crippen LogP contribution < -0.4 is 5.32 Å². The number of Topliss-reactive ketones (excluding diaryl/α,β-unsaturated/α-hetero) is 1. The first kappa shape index (κ1) is 16.5. The molecule has 0 bridgehead atoms. The van der Waals surface area contributed by atoms with Gasteiger partial charge in [0.15, 0.2) is 0 Å². The third-order valence-electron chi connectivity index (χ3n) is 3.80. The number of carboxylic acid groups (broad SMARTS) is 1. The zero-order valence-corrected chi connectivity index (χ0v) is 12.9. The topological polar surface area (TPSA) is 81.9 Å². The summed E-state index contributed by atoms with van der Waals surface area (Å²) in [5.74, 6) is -0.223. The van der Waals surface area contributed by atoms with Crippen molar-refractivity contribution >= 4 is 11.9 Å². The lowest BCUT2D eigenvalue weighted by molar-refractivity contribution is -0.122. The Morgan fingerprint density at radius 1 is 1.36 bits per heavy atom. The van der Waals surface area contributed by atoms with Crippen LogP contribution >= 0.6 is 0 Å². The van der Waals surface area contributed by atoms with E-state index >= 15 is 0 Å². The maximum atomic E-state index is 12.4. The number of amides is 1. The Kier molecular flexibility index (Phi) is 5.51. The Bertz CT molecular complexity index is 520. The monoisotopic (exact) mass is 306 g/mol. The maximum Gasteiger partial charge on any atom is 0.405 e. The molecule has 4 atom stereocenters. The zero-order chi connectivity index (χ0) is 16.1. The van der Waals surface area contributed by atoms with Gasteiger partial charge in [-0.05, 0) is 18.9 Å². The Morgan fingerprint density at radius 2 is 2.05 bits per heavy atom. The van der Waals surface area contributed by atoms with Gasteiger partial charge < -0.3 is 10.4 Å². The molecule has 1 amide bonds. The van der Waals surface area contributed by atoms with E-state index < -0.39 is 18.4 Å². The van der Waals surface area contributed by atoms with Gasteiger partial charge in [0.05, 0.1) is 12.1 Å². The first-order valence-electron chi connectivity index (χ1n) is 7.57. The second-order valence-electron chi connectivity index (χ2n) is 5.45. The fourth-order valence-corrected chi connectivity index (χ4v) is 2.45. The fourth-order valence-electron chi connectivity index (χ4n) is 2.45. The van der Waals surface area contributed by atoms with E-state index in [1.165, 1.54) is 0 Å². The normalized spacial score (nSPS) is 22.6. The van der Waals surface area contributed by atoms with Crippen LogP contribution in [0.15, 0.2) is 30.3 Å². The lowest BCUT2D eigenvalue weighted by atomic mass is 10.0. The zero-order valence-electron chi connectivity index (χ0n) is 12.9. The molecule has 1 aliphatic heterocycles. The van der Waals surface area contributed by atoms with Gasteiger partial charge in [0.1, 0.15) is 0 Å². The molecule has 3 unspecified atom stereocenters. The number of hydrogen-bond acceptors (Lipinski definition) is 4. The van der Waals surface area contributed by atoms with Crippen LogP contribution in [-0.2, 0) is 9.63 Å². The number of rotatable bonds is 8. The van der Waals surface area contributed by atoms with Crippen molar-refractivity contribution in [3.05, 3.63) is 35.9 Å². The van der Waals surface area contributed by atoms with E-state index in [2.05, 4.69) is 5.32 Å². The summed E-state index contributed by atoms with van der Waals surface area (Å²) in [5, 5.41) is 12.8. The Hall–Kier alpha value is -1.92. The largest absolute Gasteiger partial charge is 0.465 e. The lowest BCUT2D eigenvalue weighted by Crippen LogP contribution is -2.43. The summed E-state index contributed by atoms with van der Waals surface area (Å²) in [7, 11) is 0. The van der Waals surface area contributed by atoms with Crippen LogP contribution in [0, 0.1) is 0 Å². The second kappa shape index (κ2) is 7.38. The van der Waals surface area contributed by atoms with Crippen molar-refractivity contribution in [3.63, 3.8) is 0 Å². The number of carbonyl (C=O) groups is 2. The summed E-state index contributed by atoms with van der Waals surface area (Å²) in [6.45, 7) is 3.95. The SMILES string of the molecule is CCCCC(NC(=O)O)C(=O)C1ON1[C@H](C)c1ccccc1. The number of unbranched alkanes of at least 4 members (excludes halogenated alkanes) is 1. The van der Waals surface area contributed by atoms with Crippen LogP contribution in [0.4, 0.5) is 4.79 Å². The number of ketones is 1. The summed E-state index contributed by atoms with van der Waals surface area (Å²) in [4.78, 5) is 28.6. The molecule has 1 aromatic carbocycles. The molecule has 0 radical (unpaired) electrons. The number of nitrogens with one attached hydrogen (secondary N) is 1. The first-order valence-corrected chi connectivity index (χ1v) is 7.57. The molecule has 0 saturated carbocycles.